The van der Waals surface area contributed by atoms with Gasteiger partial charge >= 0.3 is 0 Å². The van der Waals surface area contributed by atoms with Gasteiger partial charge in [0.15, 0.2) is 0 Å². The first-order valence-corrected chi connectivity index (χ1v) is 7.79. The molecule has 102 valence electrons. The topological polar surface area (TPSA) is 21.3 Å². The van der Waals surface area contributed by atoms with E-state index in [-0.39, 0.29) is 0 Å². The third kappa shape index (κ3) is 2.25. The first kappa shape index (κ1) is 12.0. The minimum Gasteiger partial charge on any atom is -0.493 e. The van der Waals surface area contributed by atoms with Crippen molar-refractivity contribution < 1.29 is 4.74 Å². The normalized spacial score (nSPS) is 23.0. The maximum Gasteiger partial charge on any atom is 0.127 e. The van der Waals surface area contributed by atoms with E-state index >= 15 is 0 Å². The van der Waals surface area contributed by atoms with E-state index < -0.39 is 0 Å². The molecule has 2 saturated carbocycles. The zero-order valence-electron chi connectivity index (χ0n) is 11.2. The molecule has 0 spiro atoms. The number of benzene rings is 1. The van der Waals surface area contributed by atoms with Gasteiger partial charge < -0.3 is 10.1 Å². The van der Waals surface area contributed by atoms with Gasteiger partial charge in [-0.3, -0.25) is 0 Å². The van der Waals surface area contributed by atoms with Crippen molar-refractivity contribution >= 4 is 11.6 Å². The van der Waals surface area contributed by atoms with Crippen LogP contribution >= 0.6 is 11.6 Å². The minimum atomic E-state index is 0.655. The van der Waals surface area contributed by atoms with E-state index in [2.05, 4.69) is 11.4 Å². The van der Waals surface area contributed by atoms with Crippen molar-refractivity contribution in [3.05, 3.63) is 28.3 Å². The van der Waals surface area contributed by atoms with Gasteiger partial charge in [0.25, 0.3) is 0 Å². The monoisotopic (exact) mass is 277 g/mol. The van der Waals surface area contributed by atoms with Gasteiger partial charge in [0.1, 0.15) is 5.75 Å². The average molecular weight is 278 g/mol. The largest absolute Gasteiger partial charge is 0.493 e. The summed E-state index contributed by atoms with van der Waals surface area (Å²) in [6, 6.07) is 4.09. The van der Waals surface area contributed by atoms with Crippen LogP contribution in [0, 0.1) is 11.3 Å². The van der Waals surface area contributed by atoms with Crippen LogP contribution in [-0.2, 0) is 13.0 Å². The van der Waals surface area contributed by atoms with Crippen molar-refractivity contribution in [2.24, 2.45) is 11.3 Å². The first-order valence-electron chi connectivity index (χ1n) is 7.42. The molecule has 0 aromatic heterocycles. The lowest BCUT2D eigenvalue weighted by molar-refractivity contribution is 0.350. The van der Waals surface area contributed by atoms with Crippen molar-refractivity contribution in [2.75, 3.05) is 13.2 Å². The Bertz CT molecular complexity index is 506. The lowest BCUT2D eigenvalue weighted by Crippen LogP contribution is -2.25. The second-order valence-electron chi connectivity index (χ2n) is 6.39. The van der Waals surface area contributed by atoms with Crippen molar-refractivity contribution in [1.82, 2.24) is 5.32 Å². The second-order valence-corrected chi connectivity index (χ2v) is 6.83. The lowest BCUT2D eigenvalue weighted by atomic mass is 10.0. The molecule has 0 radical (unpaired) electrons. The van der Waals surface area contributed by atoms with Crippen molar-refractivity contribution in [3.63, 3.8) is 0 Å². The fourth-order valence-corrected chi connectivity index (χ4v) is 3.77. The molecule has 1 aromatic rings. The highest BCUT2D eigenvalue weighted by atomic mass is 35.5. The molecule has 0 saturated heterocycles. The van der Waals surface area contributed by atoms with Gasteiger partial charge in [0.05, 0.1) is 6.61 Å². The van der Waals surface area contributed by atoms with Gasteiger partial charge in [-0.05, 0) is 54.7 Å². The molecular weight excluding hydrogens is 258 g/mol. The summed E-state index contributed by atoms with van der Waals surface area (Å²) in [4.78, 5) is 0. The third-order valence-electron chi connectivity index (χ3n) is 4.95. The van der Waals surface area contributed by atoms with Crippen LogP contribution in [0.3, 0.4) is 0 Å². The first-order chi connectivity index (χ1) is 9.27. The molecule has 1 heterocycles. The smallest absolute Gasteiger partial charge is 0.127 e. The van der Waals surface area contributed by atoms with Crippen LogP contribution in [0.1, 0.15) is 36.8 Å². The highest BCUT2D eigenvalue weighted by Gasteiger charge is 2.53. The van der Waals surface area contributed by atoms with Crippen LogP contribution in [0.25, 0.3) is 0 Å². The van der Waals surface area contributed by atoms with E-state index in [0.29, 0.717) is 5.41 Å². The van der Waals surface area contributed by atoms with Crippen LogP contribution in [0.15, 0.2) is 12.1 Å². The Labute approximate surface area is 119 Å². The molecule has 4 rings (SSSR count). The van der Waals surface area contributed by atoms with E-state index in [0.717, 1.165) is 36.3 Å². The fraction of sp³-hybridized carbons (Fsp3) is 0.625. The average Bonchev–Trinajstić information content (AvgIpc) is 3.27. The quantitative estimate of drug-likeness (QED) is 0.889. The highest BCUT2D eigenvalue weighted by molar-refractivity contribution is 6.30. The fourth-order valence-electron chi connectivity index (χ4n) is 3.51. The maximum atomic E-state index is 6.19. The molecule has 0 atom stereocenters. The Balaban J connectivity index is 1.43. The van der Waals surface area contributed by atoms with Crippen LogP contribution in [0.5, 0.6) is 5.75 Å². The number of nitrogens with one attached hydrogen (secondary N) is 1. The molecule has 0 bridgehead atoms. The molecule has 3 heteroatoms. The summed E-state index contributed by atoms with van der Waals surface area (Å²) in [5, 5.41) is 4.48. The maximum absolute atomic E-state index is 6.19. The highest BCUT2D eigenvalue weighted by Crippen LogP contribution is 2.60. The van der Waals surface area contributed by atoms with E-state index in [1.807, 2.05) is 6.07 Å². The Morgan fingerprint density at radius 3 is 2.89 bits per heavy atom. The SMILES string of the molecule is Clc1cc2c(c(CNCC3(C4CC4)CC3)c1)OCC2. The van der Waals surface area contributed by atoms with Crippen LogP contribution in [0.4, 0.5) is 0 Å². The van der Waals surface area contributed by atoms with Crippen molar-refractivity contribution in [1.29, 1.82) is 0 Å². The molecule has 1 N–H and O–H groups in total. The van der Waals surface area contributed by atoms with E-state index in [4.69, 9.17) is 16.3 Å². The molecule has 3 aliphatic rings. The minimum absolute atomic E-state index is 0.655. The predicted molar refractivity (Wildman–Crippen MR) is 76.7 cm³/mol. The van der Waals surface area contributed by atoms with Crippen molar-refractivity contribution in [2.45, 2.75) is 38.6 Å². The molecular formula is C16H20ClNO. The number of fused-ring (bicyclic) bond motifs is 1. The number of rotatable bonds is 5. The Morgan fingerprint density at radius 2 is 2.16 bits per heavy atom. The summed E-state index contributed by atoms with van der Waals surface area (Å²) in [6.45, 7) is 2.85. The van der Waals surface area contributed by atoms with E-state index in [1.165, 1.54) is 43.4 Å². The van der Waals surface area contributed by atoms with Gasteiger partial charge in [-0.2, -0.15) is 0 Å². The van der Waals surface area contributed by atoms with Crippen molar-refractivity contribution in [3.8, 4) is 5.75 Å². The number of hydrogen-bond donors (Lipinski definition) is 1. The summed E-state index contributed by atoms with van der Waals surface area (Å²) in [6.07, 6.45) is 6.76. The van der Waals surface area contributed by atoms with Gasteiger partial charge in [0.2, 0.25) is 0 Å². The van der Waals surface area contributed by atoms with Crippen LogP contribution in [-0.4, -0.2) is 13.2 Å². The van der Waals surface area contributed by atoms with E-state index in [1.54, 1.807) is 0 Å². The molecule has 2 aliphatic carbocycles. The predicted octanol–water partition coefficient (Wildman–Crippen LogP) is 3.55. The summed E-state index contributed by atoms with van der Waals surface area (Å²) in [5.74, 6) is 2.09. The number of hydrogen-bond acceptors (Lipinski definition) is 2. The number of halogens is 1. The van der Waals surface area contributed by atoms with Gasteiger partial charge in [0, 0.05) is 30.1 Å². The van der Waals surface area contributed by atoms with Crippen LogP contribution in [0.2, 0.25) is 5.02 Å². The Kier molecular flexibility index (Phi) is 2.78. The molecule has 0 unspecified atom stereocenters. The zero-order valence-corrected chi connectivity index (χ0v) is 11.9. The Hall–Kier alpha value is -0.730. The molecule has 19 heavy (non-hydrogen) atoms. The Morgan fingerprint density at radius 1 is 1.32 bits per heavy atom. The summed E-state index contributed by atoms with van der Waals surface area (Å²) < 4.78 is 5.74. The molecule has 1 aromatic carbocycles. The van der Waals surface area contributed by atoms with Gasteiger partial charge in [-0.1, -0.05) is 11.6 Å². The van der Waals surface area contributed by atoms with Gasteiger partial charge in [-0.25, -0.2) is 0 Å². The van der Waals surface area contributed by atoms with Gasteiger partial charge in [-0.15, -0.1) is 0 Å². The molecule has 2 fully saturated rings. The summed E-state index contributed by atoms with van der Waals surface area (Å²) >= 11 is 6.19. The zero-order chi connectivity index (χ0) is 12.9. The van der Waals surface area contributed by atoms with E-state index in [9.17, 15) is 0 Å². The standard InChI is InChI=1S/C16H20ClNO/c17-14-7-11-3-6-19-15(11)12(8-14)9-18-10-16(4-5-16)13-1-2-13/h7-8,13,18H,1-6,9-10H2. The molecule has 0 amide bonds. The van der Waals surface area contributed by atoms with Crippen LogP contribution < -0.4 is 10.1 Å². The second kappa shape index (κ2) is 4.39. The summed E-state index contributed by atoms with van der Waals surface area (Å²) in [7, 11) is 0. The third-order valence-corrected chi connectivity index (χ3v) is 5.17. The number of ether oxygens (including phenoxy) is 1. The lowest BCUT2D eigenvalue weighted by Gasteiger charge is -2.16. The molecule has 2 nitrogen and oxygen atoms in total. The summed E-state index contributed by atoms with van der Waals surface area (Å²) in [5.41, 5.74) is 3.15. The molecule has 1 aliphatic heterocycles.